The molecule has 3 rings (SSSR count). The van der Waals surface area contributed by atoms with Crippen molar-refractivity contribution in [3.05, 3.63) is 54.0 Å². The van der Waals surface area contributed by atoms with E-state index in [1.54, 1.807) is 6.07 Å². The Morgan fingerprint density at radius 3 is 2.80 bits per heavy atom. The predicted octanol–water partition coefficient (Wildman–Crippen LogP) is 1.68. The number of benzene rings is 1. The van der Waals surface area contributed by atoms with Crippen LogP contribution >= 0.6 is 0 Å². The molecule has 0 aliphatic rings. The van der Waals surface area contributed by atoms with E-state index in [1.807, 2.05) is 30.3 Å². The van der Waals surface area contributed by atoms with Gasteiger partial charge in [0.15, 0.2) is 11.5 Å². The predicted molar refractivity (Wildman–Crippen MR) is 68.0 cm³/mol. The molecule has 0 amide bonds. The third-order valence-electron chi connectivity index (χ3n) is 2.70. The zero-order valence-electron chi connectivity index (χ0n) is 10.3. The highest BCUT2D eigenvalue weighted by molar-refractivity contribution is 5.84. The Hall–Kier alpha value is -2.96. The van der Waals surface area contributed by atoms with Gasteiger partial charge >= 0.3 is 5.97 Å². The van der Waals surface area contributed by atoms with Gasteiger partial charge in [-0.2, -0.15) is 0 Å². The monoisotopic (exact) mass is 270 g/mol. The summed E-state index contributed by atoms with van der Waals surface area (Å²) < 4.78 is 6.59. The minimum absolute atomic E-state index is 0.104. The maximum Gasteiger partial charge on any atom is 0.358 e. The van der Waals surface area contributed by atoms with Crippen LogP contribution in [0.5, 0.6) is 0 Å². The normalized spacial score (nSPS) is 10.6. The van der Waals surface area contributed by atoms with Gasteiger partial charge in [-0.1, -0.05) is 40.7 Å². The van der Waals surface area contributed by atoms with E-state index in [9.17, 15) is 4.79 Å². The fraction of sp³-hybridized carbons (Fsp3) is 0.0769. The summed E-state index contributed by atoms with van der Waals surface area (Å²) in [4.78, 5) is 10.7. The lowest BCUT2D eigenvalue weighted by Crippen LogP contribution is -1.99. The van der Waals surface area contributed by atoms with E-state index in [-0.39, 0.29) is 12.2 Å². The third-order valence-corrected chi connectivity index (χ3v) is 2.70. The Morgan fingerprint density at radius 1 is 1.30 bits per heavy atom. The summed E-state index contributed by atoms with van der Waals surface area (Å²) in [7, 11) is 0. The molecule has 0 fully saturated rings. The van der Waals surface area contributed by atoms with E-state index in [0.29, 0.717) is 5.76 Å². The van der Waals surface area contributed by atoms with Gasteiger partial charge in [0.05, 0.1) is 6.20 Å². The second-order valence-electron chi connectivity index (χ2n) is 4.15. The van der Waals surface area contributed by atoms with Gasteiger partial charge in [-0.15, -0.1) is 5.10 Å². The zero-order chi connectivity index (χ0) is 13.9. The number of hydrogen-bond acceptors (Lipinski definition) is 5. The van der Waals surface area contributed by atoms with Gasteiger partial charge in [0.1, 0.15) is 12.2 Å². The first-order chi connectivity index (χ1) is 9.72. The summed E-state index contributed by atoms with van der Waals surface area (Å²) in [5.41, 5.74) is 1.57. The summed E-state index contributed by atoms with van der Waals surface area (Å²) >= 11 is 0. The van der Waals surface area contributed by atoms with Gasteiger partial charge in [-0.25, -0.2) is 9.48 Å². The number of carboxylic acid groups (broad SMARTS) is 1. The first-order valence-corrected chi connectivity index (χ1v) is 5.87. The molecule has 0 bridgehead atoms. The van der Waals surface area contributed by atoms with Crippen molar-refractivity contribution >= 4 is 5.97 Å². The summed E-state index contributed by atoms with van der Waals surface area (Å²) in [6.45, 7) is 0.278. The first kappa shape index (κ1) is 12.1. The average Bonchev–Trinajstić information content (AvgIpc) is 3.10. The van der Waals surface area contributed by atoms with Crippen molar-refractivity contribution in [3.63, 3.8) is 0 Å². The molecule has 0 saturated carbocycles. The van der Waals surface area contributed by atoms with Crippen molar-refractivity contribution in [1.29, 1.82) is 0 Å². The second kappa shape index (κ2) is 4.96. The van der Waals surface area contributed by atoms with E-state index >= 15 is 0 Å². The van der Waals surface area contributed by atoms with Gasteiger partial charge < -0.3 is 9.63 Å². The molecule has 7 heteroatoms. The summed E-state index contributed by atoms with van der Waals surface area (Å²) in [5.74, 6) is -0.538. The van der Waals surface area contributed by atoms with Crippen LogP contribution in [0.3, 0.4) is 0 Å². The Labute approximate surface area is 113 Å². The van der Waals surface area contributed by atoms with Gasteiger partial charge in [0.25, 0.3) is 0 Å². The largest absolute Gasteiger partial charge is 0.476 e. The molecule has 0 spiro atoms. The summed E-state index contributed by atoms with van der Waals surface area (Å²) in [6, 6.07) is 11.4. The maximum absolute atomic E-state index is 10.7. The van der Waals surface area contributed by atoms with Crippen LogP contribution < -0.4 is 0 Å². The van der Waals surface area contributed by atoms with Crippen LogP contribution in [-0.2, 0) is 6.54 Å². The Bertz CT molecular complexity index is 733. The second-order valence-corrected chi connectivity index (χ2v) is 4.15. The molecule has 20 heavy (non-hydrogen) atoms. The van der Waals surface area contributed by atoms with Crippen molar-refractivity contribution in [2.45, 2.75) is 6.54 Å². The molecule has 0 aliphatic carbocycles. The average molecular weight is 270 g/mol. The van der Waals surface area contributed by atoms with Gasteiger partial charge in [-0.05, 0) is 0 Å². The molecule has 0 atom stereocenters. The van der Waals surface area contributed by atoms with Gasteiger partial charge in [0.2, 0.25) is 0 Å². The molecule has 0 aliphatic heterocycles. The molecular formula is C13H10N4O3. The van der Waals surface area contributed by atoms with Gasteiger partial charge in [0, 0.05) is 11.6 Å². The number of aromatic nitrogens is 4. The first-order valence-electron chi connectivity index (χ1n) is 5.87. The van der Waals surface area contributed by atoms with E-state index in [1.165, 1.54) is 10.9 Å². The molecule has 1 aromatic carbocycles. The highest BCUT2D eigenvalue weighted by atomic mass is 16.5. The molecule has 2 aromatic heterocycles. The van der Waals surface area contributed by atoms with Crippen LogP contribution in [0.25, 0.3) is 11.3 Å². The lowest BCUT2D eigenvalue weighted by Gasteiger charge is -1.93. The quantitative estimate of drug-likeness (QED) is 0.775. The van der Waals surface area contributed by atoms with Crippen molar-refractivity contribution in [1.82, 2.24) is 20.2 Å². The lowest BCUT2D eigenvalue weighted by atomic mass is 10.1. The summed E-state index contributed by atoms with van der Waals surface area (Å²) in [6.07, 6.45) is 1.34. The minimum Gasteiger partial charge on any atom is -0.476 e. The van der Waals surface area contributed by atoms with E-state index < -0.39 is 5.97 Å². The number of rotatable bonds is 4. The van der Waals surface area contributed by atoms with E-state index in [0.717, 1.165) is 11.3 Å². The van der Waals surface area contributed by atoms with Crippen molar-refractivity contribution in [2.24, 2.45) is 0 Å². The third kappa shape index (κ3) is 2.41. The summed E-state index contributed by atoms with van der Waals surface area (Å²) in [5, 5.41) is 20.0. The highest BCUT2D eigenvalue weighted by Crippen LogP contribution is 2.18. The molecule has 3 aromatic rings. The molecule has 0 radical (unpaired) electrons. The van der Waals surface area contributed by atoms with Crippen molar-refractivity contribution in [3.8, 4) is 11.3 Å². The van der Waals surface area contributed by atoms with Crippen LogP contribution in [0.1, 0.15) is 16.2 Å². The molecule has 2 heterocycles. The van der Waals surface area contributed by atoms with Crippen molar-refractivity contribution < 1.29 is 14.4 Å². The highest BCUT2D eigenvalue weighted by Gasteiger charge is 2.11. The fourth-order valence-corrected chi connectivity index (χ4v) is 1.77. The number of hydrogen-bond donors (Lipinski definition) is 1. The van der Waals surface area contributed by atoms with Crippen molar-refractivity contribution in [2.75, 3.05) is 0 Å². The van der Waals surface area contributed by atoms with Crippen LogP contribution in [0.4, 0.5) is 0 Å². The topological polar surface area (TPSA) is 94.0 Å². The standard InChI is InChI=1S/C13H10N4O3/c18-13(19)12-8-17(16-14-12)7-10-6-11(15-20-10)9-4-2-1-3-5-9/h1-6,8H,7H2,(H,18,19). The molecule has 100 valence electrons. The van der Waals surface area contributed by atoms with E-state index in [4.69, 9.17) is 9.63 Å². The Kier molecular flexibility index (Phi) is 3.00. The number of nitrogens with zero attached hydrogens (tertiary/aromatic N) is 4. The SMILES string of the molecule is O=C(O)c1cn(Cc2cc(-c3ccccc3)no2)nn1. The van der Waals surface area contributed by atoms with Gasteiger partial charge in [-0.3, -0.25) is 0 Å². The molecule has 1 N–H and O–H groups in total. The lowest BCUT2D eigenvalue weighted by molar-refractivity contribution is 0.0690. The maximum atomic E-state index is 10.7. The van der Waals surface area contributed by atoms with E-state index in [2.05, 4.69) is 15.5 Å². The Morgan fingerprint density at radius 2 is 2.10 bits per heavy atom. The molecule has 7 nitrogen and oxygen atoms in total. The Balaban J connectivity index is 1.78. The van der Waals surface area contributed by atoms with Crippen LogP contribution in [0.15, 0.2) is 47.1 Å². The van der Waals surface area contributed by atoms with Crippen LogP contribution in [0.2, 0.25) is 0 Å². The number of carboxylic acids is 1. The zero-order valence-corrected chi connectivity index (χ0v) is 10.3. The number of carbonyl (C=O) groups is 1. The smallest absolute Gasteiger partial charge is 0.358 e. The minimum atomic E-state index is -1.11. The molecule has 0 unspecified atom stereocenters. The van der Waals surface area contributed by atoms with Crippen LogP contribution in [0, 0.1) is 0 Å². The molecular weight excluding hydrogens is 260 g/mol. The fourth-order valence-electron chi connectivity index (χ4n) is 1.77. The number of aromatic carboxylic acids is 1. The molecule has 0 saturated heterocycles. The van der Waals surface area contributed by atoms with Crippen LogP contribution in [-0.4, -0.2) is 31.2 Å².